The number of anilines is 1. The van der Waals surface area contributed by atoms with Gasteiger partial charge in [0, 0.05) is 16.0 Å². The van der Waals surface area contributed by atoms with Crippen molar-refractivity contribution in [2.45, 2.75) is 24.6 Å². The number of hydrogen-bond donors (Lipinski definition) is 0. The standard InChI is InChI=1S/C21H21ClN2O4S2/c1-2-28-17-9-7-16(8-10-17)24-18-12-30(26,27)13-19(18)29-21(24)23-20(25)11-14-3-5-15(22)6-4-14/h3-10,18-19H,2,11-13H2,1H3/t18-,19-/m0/s1. The van der Waals surface area contributed by atoms with Gasteiger partial charge >= 0.3 is 0 Å². The molecule has 4 rings (SSSR count). The van der Waals surface area contributed by atoms with Crippen LogP contribution in [-0.2, 0) is 21.1 Å². The van der Waals surface area contributed by atoms with Crippen molar-refractivity contribution in [1.29, 1.82) is 0 Å². The molecule has 6 nitrogen and oxygen atoms in total. The highest BCUT2D eigenvalue weighted by Gasteiger charge is 2.49. The first-order valence-electron chi connectivity index (χ1n) is 9.60. The molecular formula is C21H21ClN2O4S2. The molecule has 0 radical (unpaired) electrons. The smallest absolute Gasteiger partial charge is 0.252 e. The number of carbonyl (C=O) groups excluding carboxylic acids is 1. The van der Waals surface area contributed by atoms with Gasteiger partial charge in [0.1, 0.15) is 5.75 Å². The number of halogens is 1. The van der Waals surface area contributed by atoms with E-state index < -0.39 is 9.84 Å². The predicted molar refractivity (Wildman–Crippen MR) is 122 cm³/mol. The molecular weight excluding hydrogens is 444 g/mol. The van der Waals surface area contributed by atoms with Crippen LogP contribution in [0.4, 0.5) is 5.69 Å². The molecule has 2 aliphatic heterocycles. The zero-order valence-corrected chi connectivity index (χ0v) is 18.7. The number of ether oxygens (including phenoxy) is 1. The third-order valence-electron chi connectivity index (χ3n) is 4.98. The molecule has 0 N–H and O–H groups in total. The van der Waals surface area contributed by atoms with Crippen molar-refractivity contribution < 1.29 is 17.9 Å². The summed E-state index contributed by atoms with van der Waals surface area (Å²) in [6, 6.07) is 14.3. The number of amidine groups is 1. The van der Waals surface area contributed by atoms with Crippen molar-refractivity contribution in [3.05, 3.63) is 59.1 Å². The highest BCUT2D eigenvalue weighted by atomic mass is 35.5. The minimum atomic E-state index is -3.11. The first kappa shape index (κ1) is 21.2. The van der Waals surface area contributed by atoms with Crippen molar-refractivity contribution in [3.8, 4) is 5.75 Å². The number of sulfone groups is 1. The van der Waals surface area contributed by atoms with E-state index in [2.05, 4.69) is 4.99 Å². The van der Waals surface area contributed by atoms with Crippen LogP contribution in [0.15, 0.2) is 53.5 Å². The van der Waals surface area contributed by atoms with Gasteiger partial charge in [-0.15, -0.1) is 0 Å². The molecule has 2 aliphatic rings. The molecule has 2 aromatic rings. The maximum absolute atomic E-state index is 12.6. The van der Waals surface area contributed by atoms with Crippen LogP contribution < -0.4 is 9.64 Å². The topological polar surface area (TPSA) is 76.0 Å². The third kappa shape index (κ3) is 4.66. The summed E-state index contributed by atoms with van der Waals surface area (Å²) in [6.45, 7) is 2.48. The Bertz CT molecular complexity index is 1070. The molecule has 158 valence electrons. The summed E-state index contributed by atoms with van der Waals surface area (Å²) in [5.74, 6) is 0.613. The number of fused-ring (bicyclic) bond motifs is 1. The predicted octanol–water partition coefficient (Wildman–Crippen LogP) is 3.58. The van der Waals surface area contributed by atoms with Crippen molar-refractivity contribution >= 4 is 50.0 Å². The lowest BCUT2D eigenvalue weighted by molar-refractivity contribution is -0.117. The minimum Gasteiger partial charge on any atom is -0.494 e. The van der Waals surface area contributed by atoms with Crippen LogP contribution in [0.5, 0.6) is 5.75 Å². The van der Waals surface area contributed by atoms with Gasteiger partial charge < -0.3 is 9.64 Å². The average Bonchev–Trinajstić information content (AvgIpc) is 3.15. The van der Waals surface area contributed by atoms with Crippen LogP contribution in [0.25, 0.3) is 0 Å². The largest absolute Gasteiger partial charge is 0.494 e. The van der Waals surface area contributed by atoms with Crippen molar-refractivity contribution in [2.24, 2.45) is 4.99 Å². The Balaban J connectivity index is 1.61. The van der Waals surface area contributed by atoms with Gasteiger partial charge in [0.15, 0.2) is 15.0 Å². The van der Waals surface area contributed by atoms with Gasteiger partial charge in [-0.2, -0.15) is 4.99 Å². The Labute approximate surface area is 185 Å². The van der Waals surface area contributed by atoms with E-state index in [1.165, 1.54) is 11.8 Å². The average molecular weight is 465 g/mol. The minimum absolute atomic E-state index is 0.0578. The molecule has 0 saturated carbocycles. The van der Waals surface area contributed by atoms with E-state index in [0.717, 1.165) is 17.0 Å². The fraction of sp³-hybridized carbons (Fsp3) is 0.333. The van der Waals surface area contributed by atoms with Gasteiger partial charge in [-0.05, 0) is 48.9 Å². The monoisotopic (exact) mass is 464 g/mol. The third-order valence-corrected chi connectivity index (χ3v) is 8.44. The Morgan fingerprint density at radius 2 is 1.87 bits per heavy atom. The zero-order valence-electron chi connectivity index (χ0n) is 16.3. The highest BCUT2D eigenvalue weighted by Crippen LogP contribution is 2.41. The van der Waals surface area contributed by atoms with E-state index in [9.17, 15) is 13.2 Å². The van der Waals surface area contributed by atoms with E-state index in [0.29, 0.717) is 16.8 Å². The summed E-state index contributed by atoms with van der Waals surface area (Å²) in [7, 11) is -3.11. The fourth-order valence-electron chi connectivity index (χ4n) is 3.66. The van der Waals surface area contributed by atoms with Crippen LogP contribution in [0.1, 0.15) is 12.5 Å². The van der Waals surface area contributed by atoms with Gasteiger partial charge in [-0.3, -0.25) is 4.79 Å². The van der Waals surface area contributed by atoms with E-state index in [4.69, 9.17) is 16.3 Å². The molecule has 0 spiro atoms. The first-order chi connectivity index (χ1) is 14.3. The van der Waals surface area contributed by atoms with Crippen molar-refractivity contribution in [2.75, 3.05) is 23.0 Å². The molecule has 2 aromatic carbocycles. The molecule has 2 saturated heterocycles. The number of amides is 1. The lowest BCUT2D eigenvalue weighted by Crippen LogP contribution is -2.37. The maximum Gasteiger partial charge on any atom is 0.252 e. The van der Waals surface area contributed by atoms with Crippen molar-refractivity contribution in [1.82, 2.24) is 0 Å². The molecule has 0 bridgehead atoms. The van der Waals surface area contributed by atoms with Crippen LogP contribution in [-0.4, -0.2) is 48.9 Å². The second kappa shape index (κ2) is 8.61. The van der Waals surface area contributed by atoms with Crippen LogP contribution in [0.2, 0.25) is 5.02 Å². The molecule has 30 heavy (non-hydrogen) atoms. The summed E-state index contributed by atoms with van der Waals surface area (Å²) in [6.07, 6.45) is 0.159. The Hall–Kier alpha value is -2.03. The lowest BCUT2D eigenvalue weighted by atomic mass is 10.1. The van der Waals surface area contributed by atoms with Gasteiger partial charge in [-0.1, -0.05) is 35.5 Å². The summed E-state index contributed by atoms with van der Waals surface area (Å²) >= 11 is 7.27. The Morgan fingerprint density at radius 1 is 1.17 bits per heavy atom. The lowest BCUT2D eigenvalue weighted by Gasteiger charge is -2.24. The summed E-state index contributed by atoms with van der Waals surface area (Å²) in [5, 5.41) is 1.02. The van der Waals surface area contributed by atoms with Crippen LogP contribution in [0.3, 0.4) is 0 Å². The second-order valence-electron chi connectivity index (χ2n) is 7.19. The summed E-state index contributed by atoms with van der Waals surface area (Å²) < 4.78 is 29.9. The number of aliphatic imine (C=N–C) groups is 1. The SMILES string of the molecule is CCOc1ccc(N2C(=NC(=O)Cc3ccc(Cl)cc3)S[C@H]3CS(=O)(=O)C[C@@H]32)cc1. The number of nitrogens with zero attached hydrogens (tertiary/aromatic N) is 2. The van der Waals surface area contributed by atoms with E-state index >= 15 is 0 Å². The van der Waals surface area contributed by atoms with Gasteiger partial charge in [0.05, 0.1) is 30.6 Å². The van der Waals surface area contributed by atoms with E-state index in [-0.39, 0.29) is 35.1 Å². The number of benzene rings is 2. The van der Waals surface area contributed by atoms with Gasteiger partial charge in [0.25, 0.3) is 5.91 Å². The molecule has 9 heteroatoms. The molecule has 2 fully saturated rings. The van der Waals surface area contributed by atoms with Gasteiger partial charge in [0.2, 0.25) is 0 Å². The maximum atomic E-state index is 12.6. The quantitative estimate of drug-likeness (QED) is 0.673. The molecule has 0 unspecified atom stereocenters. The van der Waals surface area contributed by atoms with Crippen molar-refractivity contribution in [3.63, 3.8) is 0 Å². The molecule has 2 atom stereocenters. The van der Waals surface area contributed by atoms with E-state index in [1.54, 1.807) is 24.3 Å². The van der Waals surface area contributed by atoms with E-state index in [1.807, 2.05) is 36.1 Å². The Kier molecular flexibility index (Phi) is 6.09. The summed E-state index contributed by atoms with van der Waals surface area (Å²) in [4.78, 5) is 18.9. The fourth-order valence-corrected chi connectivity index (χ4v) is 7.72. The van der Waals surface area contributed by atoms with Crippen LogP contribution >= 0.6 is 23.4 Å². The Morgan fingerprint density at radius 3 is 2.53 bits per heavy atom. The zero-order chi connectivity index (χ0) is 21.3. The molecule has 0 aromatic heterocycles. The molecule has 1 amide bonds. The first-order valence-corrected chi connectivity index (χ1v) is 12.7. The van der Waals surface area contributed by atoms with Crippen LogP contribution in [0, 0.1) is 0 Å². The number of hydrogen-bond acceptors (Lipinski definition) is 5. The molecule has 0 aliphatic carbocycles. The highest BCUT2D eigenvalue weighted by molar-refractivity contribution is 8.16. The number of rotatable bonds is 5. The second-order valence-corrected chi connectivity index (χ2v) is 11.0. The molecule has 2 heterocycles. The normalized spacial score (nSPS) is 23.5. The number of thioether (sulfide) groups is 1. The number of carbonyl (C=O) groups is 1. The van der Waals surface area contributed by atoms with Gasteiger partial charge in [-0.25, -0.2) is 8.42 Å². The summed E-state index contributed by atoms with van der Waals surface area (Å²) in [5.41, 5.74) is 1.63.